The van der Waals surface area contributed by atoms with Gasteiger partial charge >= 0.3 is 5.69 Å². The molecular formula is C13H13N5O4S. The van der Waals surface area contributed by atoms with Crippen LogP contribution in [0.2, 0.25) is 0 Å². The summed E-state index contributed by atoms with van der Waals surface area (Å²) in [5.41, 5.74) is 5.89. The van der Waals surface area contributed by atoms with Crippen LogP contribution in [0, 0.1) is 10.1 Å². The number of nitrogens with two attached hydrogens (primary N) is 1. The maximum absolute atomic E-state index is 12.3. The number of anilines is 1. The Morgan fingerprint density at radius 2 is 2.22 bits per heavy atom. The van der Waals surface area contributed by atoms with Gasteiger partial charge < -0.3 is 11.1 Å². The number of aryl methyl sites for hydroxylation is 2. The minimum absolute atomic E-state index is 0.300. The molecule has 0 saturated carbocycles. The fourth-order valence-electron chi connectivity index (χ4n) is 2.69. The second-order valence-corrected chi connectivity index (χ2v) is 6.28. The van der Waals surface area contributed by atoms with Gasteiger partial charge in [-0.2, -0.15) is 5.10 Å². The van der Waals surface area contributed by atoms with Crippen LogP contribution < -0.4 is 11.1 Å². The van der Waals surface area contributed by atoms with Crippen LogP contribution in [0.15, 0.2) is 6.20 Å². The van der Waals surface area contributed by atoms with Crippen LogP contribution in [-0.2, 0) is 19.9 Å². The summed E-state index contributed by atoms with van der Waals surface area (Å²) >= 11 is 1.28. The van der Waals surface area contributed by atoms with Crippen molar-refractivity contribution >= 4 is 33.8 Å². The van der Waals surface area contributed by atoms with Crippen LogP contribution in [0.5, 0.6) is 0 Å². The van der Waals surface area contributed by atoms with Crippen LogP contribution in [0.3, 0.4) is 0 Å². The molecule has 3 N–H and O–H groups in total. The van der Waals surface area contributed by atoms with Crippen molar-refractivity contribution in [3.63, 3.8) is 0 Å². The molecule has 2 heterocycles. The zero-order chi connectivity index (χ0) is 16.7. The van der Waals surface area contributed by atoms with Crippen LogP contribution in [0.4, 0.5) is 10.7 Å². The lowest BCUT2D eigenvalue weighted by molar-refractivity contribution is -0.385. The summed E-state index contributed by atoms with van der Waals surface area (Å²) in [4.78, 5) is 35.3. The van der Waals surface area contributed by atoms with E-state index in [1.54, 1.807) is 0 Å². The van der Waals surface area contributed by atoms with Gasteiger partial charge in [0.15, 0.2) is 0 Å². The van der Waals surface area contributed by atoms with E-state index in [1.807, 2.05) is 0 Å². The lowest BCUT2D eigenvalue weighted by atomic mass is 10.1. The fraction of sp³-hybridized carbons (Fsp3) is 0.308. The van der Waals surface area contributed by atoms with Gasteiger partial charge in [-0.05, 0) is 24.8 Å². The standard InChI is InChI=1S/C13H13N5O4S/c1-17-5-7(18(21)22)10(16-17)12(20)15-13-9(11(14)19)6-3-2-4-8(6)23-13/h5H,2-4H2,1H3,(H2,14,19)(H,15,20). The van der Waals surface area contributed by atoms with Crippen molar-refractivity contribution < 1.29 is 14.5 Å². The number of carbonyl (C=O) groups is 2. The van der Waals surface area contributed by atoms with Crippen molar-refractivity contribution in [1.29, 1.82) is 0 Å². The van der Waals surface area contributed by atoms with Gasteiger partial charge in [-0.3, -0.25) is 24.4 Å². The molecule has 120 valence electrons. The normalized spacial score (nSPS) is 12.9. The first-order chi connectivity index (χ1) is 10.9. The predicted octanol–water partition coefficient (Wildman–Crippen LogP) is 1.23. The third-order valence-corrected chi connectivity index (χ3v) is 4.82. The Kier molecular flexibility index (Phi) is 3.60. The minimum Gasteiger partial charge on any atom is -0.365 e. The molecule has 1 aliphatic carbocycles. The Hall–Kier alpha value is -2.75. The number of hydrogen-bond donors (Lipinski definition) is 2. The van der Waals surface area contributed by atoms with Gasteiger partial charge in [0, 0.05) is 11.9 Å². The molecule has 10 heteroatoms. The average Bonchev–Trinajstić information content (AvgIpc) is 3.11. The molecule has 0 bridgehead atoms. The highest BCUT2D eigenvalue weighted by Gasteiger charge is 2.29. The first-order valence-electron chi connectivity index (χ1n) is 6.82. The number of primary amides is 1. The summed E-state index contributed by atoms with van der Waals surface area (Å²) in [5.74, 6) is -1.35. The highest BCUT2D eigenvalue weighted by Crippen LogP contribution is 2.39. The number of amides is 2. The summed E-state index contributed by atoms with van der Waals surface area (Å²) in [6.45, 7) is 0. The van der Waals surface area contributed by atoms with Gasteiger partial charge in [0.25, 0.3) is 11.8 Å². The third-order valence-electron chi connectivity index (χ3n) is 3.62. The third kappa shape index (κ3) is 2.57. The molecule has 2 amide bonds. The molecule has 2 aromatic rings. The largest absolute Gasteiger partial charge is 0.365 e. The van der Waals surface area contributed by atoms with Crippen LogP contribution in [0.1, 0.15) is 37.7 Å². The molecule has 9 nitrogen and oxygen atoms in total. The second kappa shape index (κ2) is 5.47. The number of nitrogens with one attached hydrogen (secondary N) is 1. The van der Waals surface area contributed by atoms with E-state index in [1.165, 1.54) is 23.1 Å². The van der Waals surface area contributed by atoms with Crippen LogP contribution >= 0.6 is 11.3 Å². The molecule has 0 unspecified atom stereocenters. The highest BCUT2D eigenvalue weighted by molar-refractivity contribution is 7.17. The number of thiophene rings is 1. The van der Waals surface area contributed by atoms with Gasteiger partial charge in [0.2, 0.25) is 5.69 Å². The van der Waals surface area contributed by atoms with E-state index in [2.05, 4.69) is 10.4 Å². The van der Waals surface area contributed by atoms with Crippen molar-refractivity contribution in [2.24, 2.45) is 12.8 Å². The number of carbonyl (C=O) groups excluding carboxylic acids is 2. The first-order valence-corrected chi connectivity index (χ1v) is 7.64. The maximum atomic E-state index is 12.3. The van der Waals surface area contributed by atoms with Gasteiger partial charge in [-0.25, -0.2) is 0 Å². The number of aromatic nitrogens is 2. The van der Waals surface area contributed by atoms with E-state index < -0.39 is 22.4 Å². The molecular weight excluding hydrogens is 322 g/mol. The van der Waals surface area contributed by atoms with Crippen LogP contribution in [-0.4, -0.2) is 26.5 Å². The summed E-state index contributed by atoms with van der Waals surface area (Å²) in [6.07, 6.45) is 3.67. The molecule has 23 heavy (non-hydrogen) atoms. The molecule has 0 saturated heterocycles. The summed E-state index contributed by atoms with van der Waals surface area (Å²) in [6, 6.07) is 0. The number of nitrogens with zero attached hydrogens (tertiary/aromatic N) is 3. The van der Waals surface area contributed by atoms with E-state index >= 15 is 0 Å². The molecule has 0 atom stereocenters. The van der Waals surface area contributed by atoms with Gasteiger partial charge in [-0.15, -0.1) is 11.3 Å². The van der Waals surface area contributed by atoms with E-state index in [9.17, 15) is 19.7 Å². The zero-order valence-corrected chi connectivity index (χ0v) is 13.0. The lowest BCUT2D eigenvalue weighted by Gasteiger charge is -2.04. The Morgan fingerprint density at radius 3 is 2.87 bits per heavy atom. The van der Waals surface area contributed by atoms with Crippen LogP contribution in [0.25, 0.3) is 0 Å². The molecule has 0 radical (unpaired) electrons. The monoisotopic (exact) mass is 335 g/mol. The molecule has 0 spiro atoms. The number of fused-ring (bicyclic) bond motifs is 1. The van der Waals surface area contributed by atoms with E-state index in [-0.39, 0.29) is 5.69 Å². The maximum Gasteiger partial charge on any atom is 0.320 e. The van der Waals surface area contributed by atoms with Crippen molar-refractivity contribution in [3.05, 3.63) is 38.0 Å². The van der Waals surface area contributed by atoms with E-state index in [0.29, 0.717) is 10.6 Å². The number of hydrogen-bond acceptors (Lipinski definition) is 6. The quantitative estimate of drug-likeness (QED) is 0.640. The van der Waals surface area contributed by atoms with Crippen molar-refractivity contribution in [2.75, 3.05) is 5.32 Å². The second-order valence-electron chi connectivity index (χ2n) is 5.17. The molecule has 1 aliphatic rings. The number of rotatable bonds is 4. The topological polar surface area (TPSA) is 133 Å². The lowest BCUT2D eigenvalue weighted by Crippen LogP contribution is -2.19. The Bertz CT molecular complexity index is 838. The molecule has 2 aromatic heterocycles. The van der Waals surface area contributed by atoms with Crippen molar-refractivity contribution in [1.82, 2.24) is 9.78 Å². The van der Waals surface area contributed by atoms with Gasteiger partial charge in [0.1, 0.15) is 11.2 Å². The van der Waals surface area contributed by atoms with Crippen molar-refractivity contribution in [2.45, 2.75) is 19.3 Å². The smallest absolute Gasteiger partial charge is 0.320 e. The van der Waals surface area contributed by atoms with E-state index in [0.717, 1.165) is 35.9 Å². The Balaban J connectivity index is 1.96. The first kappa shape index (κ1) is 15.2. The van der Waals surface area contributed by atoms with Gasteiger partial charge in [-0.1, -0.05) is 0 Å². The summed E-state index contributed by atoms with van der Waals surface area (Å²) in [5, 5.41) is 17.7. The SMILES string of the molecule is Cn1cc([N+](=O)[O-])c(C(=O)Nc2sc3c(c2C(N)=O)CCC3)n1. The highest BCUT2D eigenvalue weighted by atomic mass is 32.1. The zero-order valence-electron chi connectivity index (χ0n) is 12.2. The Labute approximate surface area is 134 Å². The summed E-state index contributed by atoms with van der Waals surface area (Å²) in [7, 11) is 1.48. The molecule has 0 aliphatic heterocycles. The number of nitro groups is 1. The Morgan fingerprint density at radius 1 is 1.48 bits per heavy atom. The average molecular weight is 335 g/mol. The fourth-order valence-corrected chi connectivity index (χ4v) is 3.98. The van der Waals surface area contributed by atoms with Crippen molar-refractivity contribution in [3.8, 4) is 0 Å². The summed E-state index contributed by atoms with van der Waals surface area (Å²) < 4.78 is 1.19. The molecule has 0 aromatic carbocycles. The predicted molar refractivity (Wildman–Crippen MR) is 82.7 cm³/mol. The minimum atomic E-state index is -0.736. The molecule has 3 rings (SSSR count). The van der Waals surface area contributed by atoms with Gasteiger partial charge in [0.05, 0.1) is 10.5 Å². The van der Waals surface area contributed by atoms with E-state index in [4.69, 9.17) is 5.73 Å². The molecule has 0 fully saturated rings.